The van der Waals surface area contributed by atoms with Crippen LogP contribution in [-0.2, 0) is 11.3 Å². The van der Waals surface area contributed by atoms with Crippen LogP contribution in [-0.4, -0.2) is 39.4 Å². The van der Waals surface area contributed by atoms with Crippen molar-refractivity contribution in [3.8, 4) is 11.4 Å². The van der Waals surface area contributed by atoms with Crippen molar-refractivity contribution in [1.29, 1.82) is 0 Å². The molecule has 0 fully saturated rings. The van der Waals surface area contributed by atoms with Crippen molar-refractivity contribution in [2.45, 2.75) is 18.6 Å². The Balaban J connectivity index is 1.56. The van der Waals surface area contributed by atoms with Crippen LogP contribution in [0, 0.1) is 12.7 Å². The largest absolute Gasteiger partial charge is 0.495 e. The number of methoxy groups -OCH3 is 1. The molecule has 0 saturated heterocycles. The molecule has 4 aromatic rings. The van der Waals surface area contributed by atoms with Crippen LogP contribution < -0.4 is 15.4 Å². The van der Waals surface area contributed by atoms with Crippen LogP contribution in [0.4, 0.5) is 10.1 Å². The number of para-hydroxylation sites is 2. The van der Waals surface area contributed by atoms with Gasteiger partial charge in [-0.2, -0.15) is 0 Å². The standard InChI is InChI=1S/C26H23ClFN5O3S/c1-16-7-5-8-17(13-16)30-23(34)15-37-26-32-31-22(33(26)20-11-3-4-12-21(20)36-2)14-29-25(35)24-18(27)9-6-10-19(24)28/h3-13H,14-15H2,1-2H3,(H,29,35)(H,30,34). The van der Waals surface area contributed by atoms with E-state index >= 15 is 0 Å². The van der Waals surface area contributed by atoms with Gasteiger partial charge in [0.2, 0.25) is 5.91 Å². The van der Waals surface area contributed by atoms with E-state index in [0.717, 1.165) is 11.6 Å². The van der Waals surface area contributed by atoms with E-state index < -0.39 is 11.7 Å². The number of carbonyl (C=O) groups is 2. The fourth-order valence-corrected chi connectivity index (χ4v) is 4.59. The Hall–Kier alpha value is -3.89. The molecule has 4 rings (SSSR count). The highest BCUT2D eigenvalue weighted by molar-refractivity contribution is 7.99. The Bertz CT molecular complexity index is 1430. The number of nitrogens with zero attached hydrogens (tertiary/aromatic N) is 3. The first-order valence-corrected chi connectivity index (χ1v) is 12.5. The van der Waals surface area contributed by atoms with Crippen molar-refractivity contribution in [1.82, 2.24) is 20.1 Å². The third kappa shape index (κ3) is 6.28. The molecule has 0 aliphatic rings. The first kappa shape index (κ1) is 26.2. The van der Waals surface area contributed by atoms with Gasteiger partial charge in [0.1, 0.15) is 11.6 Å². The molecule has 0 aliphatic carbocycles. The maximum atomic E-state index is 14.2. The van der Waals surface area contributed by atoms with Gasteiger partial charge in [-0.3, -0.25) is 14.2 Å². The molecule has 11 heteroatoms. The number of benzene rings is 3. The third-order valence-electron chi connectivity index (χ3n) is 5.26. The van der Waals surface area contributed by atoms with Crippen LogP contribution in [0.5, 0.6) is 5.75 Å². The van der Waals surface area contributed by atoms with Crippen molar-refractivity contribution in [3.63, 3.8) is 0 Å². The number of hydrogen-bond acceptors (Lipinski definition) is 6. The molecule has 8 nitrogen and oxygen atoms in total. The lowest BCUT2D eigenvalue weighted by Crippen LogP contribution is -2.26. The minimum atomic E-state index is -0.730. The molecule has 1 heterocycles. The van der Waals surface area contributed by atoms with Gasteiger partial charge in [0, 0.05) is 5.69 Å². The van der Waals surface area contributed by atoms with Crippen molar-refractivity contribution in [2.24, 2.45) is 0 Å². The molecule has 1 aromatic heterocycles. The first-order chi connectivity index (χ1) is 17.9. The van der Waals surface area contributed by atoms with E-state index in [4.69, 9.17) is 16.3 Å². The molecule has 2 amide bonds. The smallest absolute Gasteiger partial charge is 0.256 e. The summed E-state index contributed by atoms with van der Waals surface area (Å²) in [6, 6.07) is 18.7. The van der Waals surface area contributed by atoms with Gasteiger partial charge in [-0.05, 0) is 48.9 Å². The molecule has 0 spiro atoms. The van der Waals surface area contributed by atoms with Gasteiger partial charge in [0.05, 0.1) is 35.7 Å². The number of ether oxygens (including phenoxy) is 1. The number of halogens is 2. The summed E-state index contributed by atoms with van der Waals surface area (Å²) in [5, 5.41) is 14.4. The fourth-order valence-electron chi connectivity index (χ4n) is 3.58. The number of amides is 2. The van der Waals surface area contributed by atoms with Crippen LogP contribution in [0.15, 0.2) is 71.9 Å². The number of carbonyl (C=O) groups excluding carboxylic acids is 2. The summed E-state index contributed by atoms with van der Waals surface area (Å²) in [6.07, 6.45) is 0. The Kier molecular flexibility index (Phi) is 8.42. The highest BCUT2D eigenvalue weighted by atomic mass is 35.5. The molecular weight excluding hydrogens is 517 g/mol. The lowest BCUT2D eigenvalue weighted by Gasteiger charge is -2.14. The number of thioether (sulfide) groups is 1. The van der Waals surface area contributed by atoms with E-state index in [-0.39, 0.29) is 28.8 Å². The van der Waals surface area contributed by atoms with Crippen LogP contribution in [0.1, 0.15) is 21.7 Å². The van der Waals surface area contributed by atoms with E-state index in [9.17, 15) is 14.0 Å². The van der Waals surface area contributed by atoms with E-state index in [1.807, 2.05) is 43.3 Å². The molecule has 3 aromatic carbocycles. The highest BCUT2D eigenvalue weighted by Crippen LogP contribution is 2.29. The summed E-state index contributed by atoms with van der Waals surface area (Å²) in [6.45, 7) is 1.87. The van der Waals surface area contributed by atoms with Crippen LogP contribution >= 0.6 is 23.4 Å². The second kappa shape index (κ2) is 11.9. The SMILES string of the molecule is COc1ccccc1-n1c(CNC(=O)c2c(F)cccc2Cl)nnc1SCC(=O)Nc1cccc(C)c1. The zero-order valence-corrected chi connectivity index (χ0v) is 21.6. The van der Waals surface area contributed by atoms with E-state index in [1.165, 1.54) is 31.0 Å². The Morgan fingerprint density at radius 3 is 2.62 bits per heavy atom. The first-order valence-electron chi connectivity index (χ1n) is 11.2. The summed E-state index contributed by atoms with van der Waals surface area (Å²) < 4.78 is 21.4. The quantitative estimate of drug-likeness (QED) is 0.289. The zero-order chi connectivity index (χ0) is 26.4. The van der Waals surface area contributed by atoms with Gasteiger partial charge in [-0.25, -0.2) is 4.39 Å². The van der Waals surface area contributed by atoms with Gasteiger partial charge in [-0.1, -0.05) is 53.7 Å². The van der Waals surface area contributed by atoms with Gasteiger partial charge in [0.25, 0.3) is 5.91 Å². The van der Waals surface area contributed by atoms with Gasteiger partial charge >= 0.3 is 0 Å². The minimum Gasteiger partial charge on any atom is -0.495 e. The number of anilines is 1. The predicted octanol–water partition coefficient (Wildman–Crippen LogP) is 5.04. The van der Waals surface area contributed by atoms with Crippen molar-refractivity contribution in [2.75, 3.05) is 18.2 Å². The average Bonchev–Trinajstić information content (AvgIpc) is 3.28. The molecule has 0 aliphatic heterocycles. The fraction of sp³-hybridized carbons (Fsp3) is 0.154. The van der Waals surface area contributed by atoms with E-state index in [1.54, 1.807) is 16.7 Å². The number of nitrogens with one attached hydrogen (secondary N) is 2. The number of rotatable bonds is 9. The molecule has 0 saturated carbocycles. The van der Waals surface area contributed by atoms with Crippen molar-refractivity contribution < 1.29 is 18.7 Å². The third-order valence-corrected chi connectivity index (χ3v) is 6.50. The Morgan fingerprint density at radius 1 is 1.08 bits per heavy atom. The number of aryl methyl sites for hydroxylation is 1. The van der Waals surface area contributed by atoms with Crippen LogP contribution in [0.3, 0.4) is 0 Å². The summed E-state index contributed by atoms with van der Waals surface area (Å²) in [7, 11) is 1.53. The second-order valence-electron chi connectivity index (χ2n) is 7.89. The normalized spacial score (nSPS) is 10.7. The molecule has 2 N–H and O–H groups in total. The molecular formula is C26H23ClFN5O3S. The summed E-state index contributed by atoms with van der Waals surface area (Å²) >= 11 is 7.20. The van der Waals surface area contributed by atoms with Crippen molar-refractivity contribution >= 4 is 40.9 Å². The molecule has 190 valence electrons. The number of hydrogen-bond donors (Lipinski definition) is 2. The monoisotopic (exact) mass is 539 g/mol. The topological polar surface area (TPSA) is 98.1 Å². The lowest BCUT2D eigenvalue weighted by atomic mass is 10.2. The molecule has 0 radical (unpaired) electrons. The minimum absolute atomic E-state index is 0.000405. The molecule has 37 heavy (non-hydrogen) atoms. The van der Waals surface area contributed by atoms with Gasteiger partial charge in [0.15, 0.2) is 11.0 Å². The van der Waals surface area contributed by atoms with Crippen molar-refractivity contribution in [3.05, 3.63) is 94.5 Å². The second-order valence-corrected chi connectivity index (χ2v) is 9.24. The average molecular weight is 540 g/mol. The zero-order valence-electron chi connectivity index (χ0n) is 20.0. The Morgan fingerprint density at radius 2 is 1.86 bits per heavy atom. The van der Waals surface area contributed by atoms with Crippen LogP contribution in [0.25, 0.3) is 5.69 Å². The van der Waals surface area contributed by atoms with Gasteiger partial charge < -0.3 is 15.4 Å². The van der Waals surface area contributed by atoms with E-state index in [2.05, 4.69) is 20.8 Å². The lowest BCUT2D eigenvalue weighted by molar-refractivity contribution is -0.113. The summed E-state index contributed by atoms with van der Waals surface area (Å²) in [5.74, 6) is -0.672. The molecule has 0 atom stereocenters. The van der Waals surface area contributed by atoms with E-state index in [0.29, 0.717) is 28.1 Å². The Labute approximate surface area is 222 Å². The molecule has 0 bridgehead atoms. The van der Waals surface area contributed by atoms with Crippen LogP contribution in [0.2, 0.25) is 5.02 Å². The number of aromatic nitrogens is 3. The summed E-state index contributed by atoms with van der Waals surface area (Å²) in [4.78, 5) is 25.3. The maximum absolute atomic E-state index is 14.2. The van der Waals surface area contributed by atoms with Gasteiger partial charge in [-0.15, -0.1) is 10.2 Å². The highest BCUT2D eigenvalue weighted by Gasteiger charge is 2.21. The maximum Gasteiger partial charge on any atom is 0.256 e. The predicted molar refractivity (Wildman–Crippen MR) is 141 cm³/mol. The molecule has 0 unspecified atom stereocenters. The summed E-state index contributed by atoms with van der Waals surface area (Å²) in [5.41, 5.74) is 2.09.